The van der Waals surface area contributed by atoms with E-state index < -0.39 is 18.2 Å². The normalized spacial score (nSPS) is 12.9. The van der Waals surface area contributed by atoms with Crippen molar-refractivity contribution in [1.82, 2.24) is 15.0 Å². The summed E-state index contributed by atoms with van der Waals surface area (Å²) in [5, 5.41) is 27.2. The summed E-state index contributed by atoms with van der Waals surface area (Å²) in [5.41, 5.74) is -0.362. The summed E-state index contributed by atoms with van der Waals surface area (Å²) < 4.78 is 6.64. The number of carbonyl (C=O) groups is 1. The lowest BCUT2D eigenvalue weighted by Gasteiger charge is -2.23. The lowest BCUT2D eigenvalue weighted by molar-refractivity contribution is -0.162. The zero-order valence-electron chi connectivity index (χ0n) is 15.6. The van der Waals surface area contributed by atoms with Gasteiger partial charge in [-0.15, -0.1) is 5.10 Å². The van der Waals surface area contributed by atoms with Gasteiger partial charge in [0.25, 0.3) is 5.56 Å². The highest BCUT2D eigenvalue weighted by Gasteiger charge is 2.36. The third-order valence-electron chi connectivity index (χ3n) is 4.50. The van der Waals surface area contributed by atoms with Crippen LogP contribution in [0, 0.1) is 0 Å². The molecule has 0 aliphatic heterocycles. The molecule has 0 saturated carbocycles. The predicted octanol–water partition coefficient (Wildman–Crippen LogP) is 1.98. The lowest BCUT2D eigenvalue weighted by Crippen LogP contribution is -2.44. The number of aliphatic carboxylic acids is 1. The lowest BCUT2D eigenvalue weighted by atomic mass is 9.99. The summed E-state index contributed by atoms with van der Waals surface area (Å²) in [6.45, 7) is -0.267. The molecule has 3 rings (SSSR count). The van der Waals surface area contributed by atoms with Crippen molar-refractivity contribution in [2.75, 3.05) is 6.61 Å². The second-order valence-electron chi connectivity index (χ2n) is 6.60. The molecule has 2 aromatic carbocycles. The summed E-state index contributed by atoms with van der Waals surface area (Å²) in [7, 11) is 0. The van der Waals surface area contributed by atoms with Gasteiger partial charge >= 0.3 is 5.97 Å². The van der Waals surface area contributed by atoms with Gasteiger partial charge in [0.2, 0.25) is 0 Å². The first-order chi connectivity index (χ1) is 14.0. The summed E-state index contributed by atoms with van der Waals surface area (Å²) in [5.74, 6) is -0.931. The van der Waals surface area contributed by atoms with Gasteiger partial charge in [0.15, 0.2) is 5.60 Å². The number of benzene rings is 2. The van der Waals surface area contributed by atoms with Gasteiger partial charge in [-0.25, -0.2) is 9.48 Å². The largest absolute Gasteiger partial charge is 0.490 e. The number of nitrogens with zero attached hydrogens (tertiary/aromatic N) is 3. The fourth-order valence-electron chi connectivity index (χ4n) is 2.81. The number of hydrogen-bond donors (Lipinski definition) is 2. The Labute approximate surface area is 167 Å². The van der Waals surface area contributed by atoms with E-state index in [0.29, 0.717) is 5.75 Å². The highest BCUT2D eigenvalue weighted by atomic mass is 16.5. The van der Waals surface area contributed by atoms with E-state index in [1.165, 1.54) is 12.3 Å². The molecule has 2 N–H and O–H groups in total. The molecule has 8 heteroatoms. The standard InChI is InChI=1S/C21H21N3O5/c25-19-11-13-22-23-24(19)14-4-12-21(28,20(26)27)15-29-18-9-7-17(8-10-18)16-5-2-1-3-6-16/h1-3,5-11,13,28H,4,12,14-15H2,(H,26,27). The van der Waals surface area contributed by atoms with Crippen molar-refractivity contribution >= 4 is 5.97 Å². The van der Waals surface area contributed by atoms with Crippen LogP contribution in [0.3, 0.4) is 0 Å². The predicted molar refractivity (Wildman–Crippen MR) is 105 cm³/mol. The summed E-state index contributed by atoms with van der Waals surface area (Å²) in [4.78, 5) is 23.2. The van der Waals surface area contributed by atoms with Gasteiger partial charge in [0.05, 0.1) is 6.20 Å². The molecule has 0 fully saturated rings. The molecular weight excluding hydrogens is 374 g/mol. The first-order valence-corrected chi connectivity index (χ1v) is 9.11. The molecule has 0 aliphatic rings. The second-order valence-corrected chi connectivity index (χ2v) is 6.60. The Kier molecular flexibility index (Phi) is 6.36. The third-order valence-corrected chi connectivity index (χ3v) is 4.50. The summed E-state index contributed by atoms with van der Waals surface area (Å²) in [6.07, 6.45) is 1.40. The Morgan fingerprint density at radius 3 is 2.38 bits per heavy atom. The number of carboxylic acids is 1. The molecule has 0 aliphatic carbocycles. The van der Waals surface area contributed by atoms with Crippen LogP contribution in [0.1, 0.15) is 12.8 Å². The minimum Gasteiger partial charge on any atom is -0.490 e. The molecule has 0 saturated heterocycles. The van der Waals surface area contributed by atoms with E-state index in [2.05, 4.69) is 10.3 Å². The Morgan fingerprint density at radius 1 is 1.03 bits per heavy atom. The Morgan fingerprint density at radius 2 is 1.72 bits per heavy atom. The number of aliphatic hydroxyl groups is 1. The fourth-order valence-corrected chi connectivity index (χ4v) is 2.81. The van der Waals surface area contributed by atoms with E-state index in [0.717, 1.165) is 15.8 Å². The number of aryl methyl sites for hydroxylation is 1. The number of hydrogen-bond acceptors (Lipinski definition) is 6. The van der Waals surface area contributed by atoms with Gasteiger partial charge in [0.1, 0.15) is 12.4 Å². The third kappa shape index (κ3) is 5.26. The van der Waals surface area contributed by atoms with Crippen molar-refractivity contribution in [2.45, 2.75) is 25.0 Å². The van der Waals surface area contributed by atoms with E-state index in [4.69, 9.17) is 4.74 Å². The monoisotopic (exact) mass is 395 g/mol. The van der Waals surface area contributed by atoms with E-state index in [1.54, 1.807) is 12.1 Å². The van der Waals surface area contributed by atoms with Crippen LogP contribution in [0.25, 0.3) is 11.1 Å². The van der Waals surface area contributed by atoms with E-state index >= 15 is 0 Å². The molecule has 0 bridgehead atoms. The highest BCUT2D eigenvalue weighted by molar-refractivity contribution is 5.77. The van der Waals surface area contributed by atoms with Gasteiger partial charge in [-0.1, -0.05) is 47.7 Å². The summed E-state index contributed by atoms with van der Waals surface area (Å²) >= 11 is 0. The maximum Gasteiger partial charge on any atom is 0.339 e. The quantitative estimate of drug-likeness (QED) is 0.569. The van der Waals surface area contributed by atoms with Gasteiger partial charge in [0, 0.05) is 12.6 Å². The zero-order chi connectivity index (χ0) is 20.7. The van der Waals surface area contributed by atoms with E-state index in [-0.39, 0.29) is 24.9 Å². The Hall–Kier alpha value is -3.52. The first kappa shape index (κ1) is 20.2. The highest BCUT2D eigenvalue weighted by Crippen LogP contribution is 2.23. The average molecular weight is 395 g/mol. The molecule has 0 radical (unpaired) electrons. The smallest absolute Gasteiger partial charge is 0.339 e. The molecule has 3 aromatic rings. The van der Waals surface area contributed by atoms with Crippen LogP contribution in [-0.4, -0.2) is 43.4 Å². The first-order valence-electron chi connectivity index (χ1n) is 9.11. The number of carboxylic acid groups (broad SMARTS) is 1. The second kappa shape index (κ2) is 9.11. The maximum absolute atomic E-state index is 11.6. The van der Waals surface area contributed by atoms with Crippen LogP contribution in [0.4, 0.5) is 0 Å². The molecule has 1 unspecified atom stereocenters. The molecule has 1 atom stereocenters. The van der Waals surface area contributed by atoms with Crippen LogP contribution >= 0.6 is 0 Å². The molecule has 1 aromatic heterocycles. The van der Waals surface area contributed by atoms with Gasteiger partial charge in [-0.3, -0.25) is 4.79 Å². The Bertz CT molecular complexity index is 1000. The molecule has 1 heterocycles. The molecular formula is C21H21N3O5. The van der Waals surface area contributed by atoms with Crippen molar-refractivity contribution in [2.24, 2.45) is 0 Å². The molecule has 8 nitrogen and oxygen atoms in total. The SMILES string of the molecule is O=C(O)C(O)(CCCn1nnccc1=O)COc1ccc(-c2ccccc2)cc1. The zero-order valence-corrected chi connectivity index (χ0v) is 15.6. The van der Waals surface area contributed by atoms with Gasteiger partial charge in [-0.2, -0.15) is 0 Å². The fraction of sp³-hybridized carbons (Fsp3) is 0.238. The molecule has 29 heavy (non-hydrogen) atoms. The van der Waals surface area contributed by atoms with Crippen molar-refractivity contribution in [3.8, 4) is 16.9 Å². The molecule has 0 amide bonds. The van der Waals surface area contributed by atoms with Gasteiger partial charge in [-0.05, 0) is 36.1 Å². The van der Waals surface area contributed by atoms with Crippen molar-refractivity contribution < 1.29 is 19.7 Å². The van der Waals surface area contributed by atoms with Crippen molar-refractivity contribution in [3.63, 3.8) is 0 Å². The minimum atomic E-state index is -2.08. The molecule has 0 spiro atoms. The van der Waals surface area contributed by atoms with Crippen LogP contribution < -0.4 is 10.3 Å². The van der Waals surface area contributed by atoms with Crippen molar-refractivity contribution in [3.05, 3.63) is 77.2 Å². The summed E-state index contributed by atoms with van der Waals surface area (Å²) in [6, 6.07) is 18.3. The molecule has 150 valence electrons. The van der Waals surface area contributed by atoms with Crippen LogP contribution in [0.15, 0.2) is 71.7 Å². The van der Waals surface area contributed by atoms with Crippen LogP contribution in [-0.2, 0) is 11.3 Å². The number of ether oxygens (including phenoxy) is 1. The number of rotatable bonds is 9. The van der Waals surface area contributed by atoms with Crippen molar-refractivity contribution in [1.29, 1.82) is 0 Å². The Balaban J connectivity index is 1.59. The van der Waals surface area contributed by atoms with E-state index in [9.17, 15) is 19.8 Å². The average Bonchev–Trinajstić information content (AvgIpc) is 2.74. The van der Waals surface area contributed by atoms with Gasteiger partial charge < -0.3 is 14.9 Å². The minimum absolute atomic E-state index is 0.104. The maximum atomic E-state index is 11.6. The van der Waals surface area contributed by atoms with E-state index in [1.807, 2.05) is 42.5 Å². The van der Waals surface area contributed by atoms with Crippen LogP contribution in [0.5, 0.6) is 5.75 Å². The topological polar surface area (TPSA) is 115 Å². The number of aromatic nitrogens is 3. The van der Waals surface area contributed by atoms with Crippen LogP contribution in [0.2, 0.25) is 0 Å².